The highest BCUT2D eigenvalue weighted by molar-refractivity contribution is 5.29. The summed E-state index contributed by atoms with van der Waals surface area (Å²) in [4.78, 5) is 0. The van der Waals surface area contributed by atoms with Gasteiger partial charge >= 0.3 is 35.8 Å². The first-order chi connectivity index (χ1) is 15.2. The van der Waals surface area contributed by atoms with Gasteiger partial charge in [-0.2, -0.15) is 57.1 Å². The van der Waals surface area contributed by atoms with E-state index in [0.717, 1.165) is 18.6 Å². The highest BCUT2D eigenvalue weighted by atomic mass is 19.4. The summed E-state index contributed by atoms with van der Waals surface area (Å²) in [6.45, 7) is 2.12. The molecule has 1 rings (SSSR count). The van der Waals surface area contributed by atoms with Crippen molar-refractivity contribution in [3.05, 3.63) is 29.8 Å². The summed E-state index contributed by atoms with van der Waals surface area (Å²) in [5.41, 5.74) is -0.350. The SMILES string of the molecule is CCCCOc1ccc(C(CC(F)(F)C(F)(F)C(F)(F)C(F)(F)C(F)(F)C(F)(F)F)OC)cc1. The quantitative estimate of drug-likeness (QED) is 0.206. The summed E-state index contributed by atoms with van der Waals surface area (Å²) >= 11 is 0. The lowest BCUT2D eigenvalue weighted by Gasteiger charge is -2.40. The summed E-state index contributed by atoms with van der Waals surface area (Å²) in [5.74, 6) is -36.9. The van der Waals surface area contributed by atoms with Crippen molar-refractivity contribution in [3.63, 3.8) is 0 Å². The zero-order chi connectivity index (χ0) is 26.8. The fraction of sp³-hybridized carbons (Fsp3) is 0.684. The number of alkyl halides is 13. The van der Waals surface area contributed by atoms with Crippen LogP contribution in [-0.2, 0) is 4.74 Å². The topological polar surface area (TPSA) is 18.5 Å². The first-order valence-electron chi connectivity index (χ1n) is 9.42. The van der Waals surface area contributed by atoms with Gasteiger partial charge in [-0.3, -0.25) is 0 Å². The number of halogens is 13. The molecule has 0 aliphatic heterocycles. The van der Waals surface area contributed by atoms with Crippen LogP contribution in [0.1, 0.15) is 37.9 Å². The molecule has 0 bridgehead atoms. The van der Waals surface area contributed by atoms with Crippen molar-refractivity contribution in [2.45, 2.75) is 68.1 Å². The van der Waals surface area contributed by atoms with Crippen LogP contribution in [0.5, 0.6) is 5.75 Å². The van der Waals surface area contributed by atoms with Gasteiger partial charge in [-0.1, -0.05) is 25.5 Å². The van der Waals surface area contributed by atoms with Gasteiger partial charge in [-0.25, -0.2) is 0 Å². The molecule has 1 atom stereocenters. The molecule has 0 spiro atoms. The van der Waals surface area contributed by atoms with Gasteiger partial charge in [0.1, 0.15) is 5.75 Å². The minimum absolute atomic E-state index is 0.199. The molecule has 0 amide bonds. The third-order valence-electron chi connectivity index (χ3n) is 4.74. The second kappa shape index (κ2) is 9.97. The molecule has 0 aromatic heterocycles. The molecule has 1 unspecified atom stereocenters. The second-order valence-corrected chi connectivity index (χ2v) is 7.20. The number of methoxy groups -OCH3 is 1. The van der Waals surface area contributed by atoms with Gasteiger partial charge in [0.05, 0.1) is 12.7 Å². The molecule has 0 aliphatic carbocycles. The highest BCUT2D eigenvalue weighted by Gasteiger charge is 2.90. The van der Waals surface area contributed by atoms with Crippen LogP contribution in [0.2, 0.25) is 0 Å². The van der Waals surface area contributed by atoms with Crippen LogP contribution < -0.4 is 4.74 Å². The molecule has 0 saturated heterocycles. The third-order valence-corrected chi connectivity index (χ3v) is 4.74. The molecule has 0 N–H and O–H groups in total. The average Bonchev–Trinajstić information content (AvgIpc) is 2.71. The van der Waals surface area contributed by atoms with Gasteiger partial charge in [0.25, 0.3) is 0 Å². The Morgan fingerprint density at radius 1 is 0.706 bits per heavy atom. The minimum atomic E-state index is -7.93. The smallest absolute Gasteiger partial charge is 0.460 e. The fourth-order valence-electron chi connectivity index (χ4n) is 2.61. The van der Waals surface area contributed by atoms with Gasteiger partial charge in [0, 0.05) is 13.5 Å². The van der Waals surface area contributed by atoms with Crippen LogP contribution in [0.15, 0.2) is 24.3 Å². The molecular formula is C19H19F13O2. The monoisotopic (exact) mass is 526 g/mol. The Morgan fingerprint density at radius 3 is 1.59 bits per heavy atom. The van der Waals surface area contributed by atoms with E-state index < -0.39 is 48.3 Å². The predicted octanol–water partition coefficient (Wildman–Crippen LogP) is 7.68. The van der Waals surface area contributed by atoms with Gasteiger partial charge in [0.2, 0.25) is 0 Å². The molecule has 1 aromatic rings. The Hall–Kier alpha value is -1.93. The Labute approximate surface area is 185 Å². The molecule has 34 heavy (non-hydrogen) atoms. The number of hydrogen-bond acceptors (Lipinski definition) is 2. The molecule has 0 fully saturated rings. The summed E-state index contributed by atoms with van der Waals surface area (Å²) in [6, 6.07) is 4.32. The van der Waals surface area contributed by atoms with Crippen molar-refractivity contribution >= 4 is 0 Å². The number of unbranched alkanes of at least 4 members (excludes halogenated alkanes) is 1. The van der Waals surface area contributed by atoms with Gasteiger partial charge in [-0.05, 0) is 24.1 Å². The molecule has 15 heteroatoms. The largest absolute Gasteiger partial charge is 0.494 e. The average molecular weight is 526 g/mol. The van der Waals surface area contributed by atoms with E-state index in [1.807, 2.05) is 6.92 Å². The molecule has 0 saturated carbocycles. The van der Waals surface area contributed by atoms with E-state index in [2.05, 4.69) is 4.74 Å². The normalized spacial score (nSPS) is 15.4. The Morgan fingerprint density at radius 2 is 1.18 bits per heavy atom. The van der Waals surface area contributed by atoms with Gasteiger partial charge in [-0.15, -0.1) is 0 Å². The molecule has 0 heterocycles. The summed E-state index contributed by atoms with van der Waals surface area (Å²) in [6.07, 6.45) is -10.7. The van der Waals surface area contributed by atoms with E-state index in [4.69, 9.17) is 4.74 Å². The van der Waals surface area contributed by atoms with Crippen LogP contribution in [0, 0.1) is 0 Å². The molecule has 0 aliphatic rings. The zero-order valence-corrected chi connectivity index (χ0v) is 17.4. The standard InChI is InChI=1S/C19H19F13O2/c1-3-4-9-34-12-7-5-11(6-8-12)13(33-2)10-14(20,21)15(22,23)16(24,25)17(26,27)18(28,29)19(30,31)32/h5-8,13H,3-4,9-10H2,1-2H3. The maximum Gasteiger partial charge on any atom is 0.460 e. The minimum Gasteiger partial charge on any atom is -0.494 e. The van der Waals surface area contributed by atoms with E-state index in [9.17, 15) is 57.1 Å². The van der Waals surface area contributed by atoms with Crippen LogP contribution in [-0.4, -0.2) is 49.5 Å². The molecule has 198 valence electrons. The summed E-state index contributed by atoms with van der Waals surface area (Å²) < 4.78 is 182. The van der Waals surface area contributed by atoms with Crippen LogP contribution in [0.4, 0.5) is 57.1 Å². The Kier molecular flexibility index (Phi) is 8.83. The zero-order valence-electron chi connectivity index (χ0n) is 17.4. The maximum atomic E-state index is 14.1. The third kappa shape index (κ3) is 5.33. The van der Waals surface area contributed by atoms with E-state index in [1.165, 1.54) is 12.1 Å². The second-order valence-electron chi connectivity index (χ2n) is 7.20. The number of hydrogen-bond donors (Lipinski definition) is 0. The lowest BCUT2D eigenvalue weighted by Crippen LogP contribution is -2.70. The molecule has 1 aromatic carbocycles. The van der Waals surface area contributed by atoms with Gasteiger partial charge in [0.15, 0.2) is 0 Å². The van der Waals surface area contributed by atoms with Crippen molar-refractivity contribution in [1.82, 2.24) is 0 Å². The van der Waals surface area contributed by atoms with Crippen molar-refractivity contribution in [3.8, 4) is 5.75 Å². The summed E-state index contributed by atoms with van der Waals surface area (Å²) in [7, 11) is 0.662. The van der Waals surface area contributed by atoms with Crippen molar-refractivity contribution in [2.24, 2.45) is 0 Å². The summed E-state index contributed by atoms with van der Waals surface area (Å²) in [5, 5.41) is 0. The maximum absolute atomic E-state index is 14.1. The van der Waals surface area contributed by atoms with Crippen LogP contribution in [0.3, 0.4) is 0 Å². The Balaban J connectivity index is 3.25. The van der Waals surface area contributed by atoms with Gasteiger partial charge < -0.3 is 9.47 Å². The molecular weight excluding hydrogens is 507 g/mol. The molecule has 0 radical (unpaired) electrons. The molecule has 2 nitrogen and oxygen atoms in total. The first kappa shape index (κ1) is 30.1. The highest BCUT2D eigenvalue weighted by Crippen LogP contribution is 2.61. The van der Waals surface area contributed by atoms with Crippen molar-refractivity contribution in [2.75, 3.05) is 13.7 Å². The first-order valence-corrected chi connectivity index (χ1v) is 9.42. The lowest BCUT2D eigenvalue weighted by molar-refractivity contribution is -0.440. The lowest BCUT2D eigenvalue weighted by atomic mass is 9.90. The van der Waals surface area contributed by atoms with E-state index in [0.29, 0.717) is 13.5 Å². The predicted molar refractivity (Wildman–Crippen MR) is 92.0 cm³/mol. The van der Waals surface area contributed by atoms with Crippen LogP contribution >= 0.6 is 0 Å². The number of benzene rings is 1. The number of ether oxygens (including phenoxy) is 2. The van der Waals surface area contributed by atoms with E-state index in [-0.39, 0.29) is 17.9 Å². The van der Waals surface area contributed by atoms with Crippen LogP contribution in [0.25, 0.3) is 0 Å². The number of rotatable bonds is 12. The van der Waals surface area contributed by atoms with Crippen molar-refractivity contribution < 1.29 is 66.5 Å². The van der Waals surface area contributed by atoms with E-state index >= 15 is 0 Å². The Bertz CT molecular complexity index is 788. The van der Waals surface area contributed by atoms with Crippen molar-refractivity contribution in [1.29, 1.82) is 0 Å². The fourth-order valence-corrected chi connectivity index (χ4v) is 2.61. The van der Waals surface area contributed by atoms with E-state index in [1.54, 1.807) is 0 Å².